The zero-order chi connectivity index (χ0) is 50.0. The summed E-state index contributed by atoms with van der Waals surface area (Å²) in [6.45, 7) is 6.50. The van der Waals surface area contributed by atoms with Crippen LogP contribution in [0.2, 0.25) is 0 Å². The molecule has 0 aliphatic carbocycles. The third kappa shape index (κ3) is 55.4. The van der Waals surface area contributed by atoms with E-state index >= 15 is 0 Å². The molecular formula is C63H108O6. The van der Waals surface area contributed by atoms with E-state index in [2.05, 4.69) is 106 Å². The SMILES string of the molecule is CC/C=C\C/C=C\C/C=C\C/C=C\C/C=C\C/C=C\CCCCC(=O)OCC(COC(=O)CCCCCCCCCCCCCCCCC)OC(=O)CCCCCCC/C=C\CCCCCCCC. The fourth-order valence-electron chi connectivity index (χ4n) is 8.03. The molecule has 0 spiro atoms. The second kappa shape index (κ2) is 57.2. The highest BCUT2D eigenvalue weighted by atomic mass is 16.6. The zero-order valence-electron chi connectivity index (χ0n) is 45.3. The molecule has 0 radical (unpaired) electrons. The molecule has 0 aliphatic heterocycles. The van der Waals surface area contributed by atoms with Crippen molar-refractivity contribution in [3.05, 3.63) is 85.1 Å². The molecule has 0 amide bonds. The van der Waals surface area contributed by atoms with Gasteiger partial charge in [0.05, 0.1) is 0 Å². The monoisotopic (exact) mass is 961 g/mol. The van der Waals surface area contributed by atoms with Gasteiger partial charge >= 0.3 is 17.9 Å². The van der Waals surface area contributed by atoms with Gasteiger partial charge in [0.15, 0.2) is 6.10 Å². The van der Waals surface area contributed by atoms with Crippen molar-refractivity contribution >= 4 is 17.9 Å². The van der Waals surface area contributed by atoms with Crippen molar-refractivity contribution < 1.29 is 28.6 Å². The summed E-state index contributed by atoms with van der Waals surface area (Å²) in [4.78, 5) is 38.2. The average Bonchev–Trinajstić information content (AvgIpc) is 3.35. The Bertz CT molecular complexity index is 1330. The summed E-state index contributed by atoms with van der Waals surface area (Å²) < 4.78 is 16.8. The quantitative estimate of drug-likeness (QED) is 0.0262. The zero-order valence-corrected chi connectivity index (χ0v) is 45.3. The Kier molecular flexibility index (Phi) is 54.3. The fourth-order valence-corrected chi connectivity index (χ4v) is 8.03. The molecule has 0 aromatic heterocycles. The van der Waals surface area contributed by atoms with E-state index in [4.69, 9.17) is 14.2 Å². The van der Waals surface area contributed by atoms with Gasteiger partial charge in [0, 0.05) is 19.3 Å². The van der Waals surface area contributed by atoms with Crippen molar-refractivity contribution in [2.24, 2.45) is 0 Å². The third-order valence-electron chi connectivity index (χ3n) is 12.4. The van der Waals surface area contributed by atoms with Crippen LogP contribution in [0.3, 0.4) is 0 Å². The van der Waals surface area contributed by atoms with Crippen LogP contribution in [0.4, 0.5) is 0 Å². The minimum atomic E-state index is -0.798. The molecule has 6 nitrogen and oxygen atoms in total. The maximum Gasteiger partial charge on any atom is 0.306 e. The standard InChI is InChI=1S/C63H108O6/c1-4-7-10-13-16-19-22-25-28-29-30-31-32-33-36-38-41-44-47-50-53-56-62(65)68-59-60(69-63(66)57-54-51-48-45-42-39-35-27-24-21-18-15-12-9-6-3)58-67-61(64)55-52-49-46-43-40-37-34-26-23-20-17-14-11-8-5-2/h7,10,16,19,25,27-28,30-31,33,35-36,41,44,60H,4-6,8-9,11-15,17-18,20-24,26,29,32,34,37-40,42-43,45-59H2,1-3H3/b10-7-,19-16-,28-25-,31-30-,35-27-,36-33-,44-41-. The van der Waals surface area contributed by atoms with Crippen LogP contribution in [-0.4, -0.2) is 37.2 Å². The van der Waals surface area contributed by atoms with Crippen molar-refractivity contribution in [3.63, 3.8) is 0 Å². The summed E-state index contributed by atoms with van der Waals surface area (Å²) in [7, 11) is 0. The average molecular weight is 962 g/mol. The Morgan fingerprint density at radius 2 is 0.565 bits per heavy atom. The van der Waals surface area contributed by atoms with Crippen molar-refractivity contribution in [1.82, 2.24) is 0 Å². The Hall–Kier alpha value is -3.41. The normalized spacial score (nSPS) is 12.7. The first-order valence-electron chi connectivity index (χ1n) is 29.1. The Morgan fingerprint density at radius 1 is 0.304 bits per heavy atom. The van der Waals surface area contributed by atoms with Crippen molar-refractivity contribution in [2.45, 2.75) is 284 Å². The lowest BCUT2D eigenvalue weighted by Gasteiger charge is -2.18. The molecule has 0 aliphatic rings. The van der Waals surface area contributed by atoms with Gasteiger partial charge in [0.25, 0.3) is 0 Å². The molecule has 0 aromatic rings. The summed E-state index contributed by atoms with van der Waals surface area (Å²) in [5.74, 6) is -0.938. The van der Waals surface area contributed by atoms with Crippen LogP contribution >= 0.6 is 0 Å². The maximum atomic E-state index is 12.8. The first-order valence-corrected chi connectivity index (χ1v) is 29.1. The molecule has 69 heavy (non-hydrogen) atoms. The van der Waals surface area contributed by atoms with Gasteiger partial charge in [0.1, 0.15) is 13.2 Å². The Labute approximate surface area is 426 Å². The highest BCUT2D eigenvalue weighted by molar-refractivity contribution is 5.71. The van der Waals surface area contributed by atoms with E-state index in [-0.39, 0.29) is 31.1 Å². The lowest BCUT2D eigenvalue weighted by Crippen LogP contribution is -2.30. The van der Waals surface area contributed by atoms with E-state index in [1.165, 1.54) is 128 Å². The van der Waals surface area contributed by atoms with Gasteiger partial charge in [-0.1, -0.05) is 247 Å². The van der Waals surface area contributed by atoms with E-state index in [1.807, 2.05) is 0 Å². The topological polar surface area (TPSA) is 78.9 Å². The molecule has 0 fully saturated rings. The Morgan fingerprint density at radius 3 is 0.928 bits per heavy atom. The number of unbranched alkanes of at least 4 members (excludes halogenated alkanes) is 27. The molecule has 0 bridgehead atoms. The highest BCUT2D eigenvalue weighted by Crippen LogP contribution is 2.15. The van der Waals surface area contributed by atoms with Crippen LogP contribution in [0.25, 0.3) is 0 Å². The first kappa shape index (κ1) is 65.6. The molecule has 0 saturated carbocycles. The van der Waals surface area contributed by atoms with Crippen molar-refractivity contribution in [1.29, 1.82) is 0 Å². The van der Waals surface area contributed by atoms with Crippen LogP contribution in [0.5, 0.6) is 0 Å². The van der Waals surface area contributed by atoms with Crippen molar-refractivity contribution in [3.8, 4) is 0 Å². The third-order valence-corrected chi connectivity index (χ3v) is 12.4. The number of allylic oxidation sites excluding steroid dienone is 14. The number of rotatable bonds is 52. The number of ether oxygens (including phenoxy) is 3. The van der Waals surface area contributed by atoms with Crippen LogP contribution in [0, 0.1) is 0 Å². The fraction of sp³-hybridized carbons (Fsp3) is 0.730. The van der Waals surface area contributed by atoms with Crippen molar-refractivity contribution in [2.75, 3.05) is 13.2 Å². The van der Waals surface area contributed by atoms with E-state index in [1.54, 1.807) is 0 Å². The highest BCUT2D eigenvalue weighted by Gasteiger charge is 2.19. The largest absolute Gasteiger partial charge is 0.462 e. The summed E-state index contributed by atoms with van der Waals surface area (Å²) in [6.07, 6.45) is 74.3. The number of carbonyl (C=O) groups excluding carboxylic acids is 3. The predicted octanol–water partition coefficient (Wildman–Crippen LogP) is 19.5. The summed E-state index contributed by atoms with van der Waals surface area (Å²) in [6, 6.07) is 0. The van der Waals surface area contributed by atoms with Crippen LogP contribution in [-0.2, 0) is 28.6 Å². The van der Waals surface area contributed by atoms with E-state index in [0.717, 1.165) is 109 Å². The Balaban J connectivity index is 4.45. The molecule has 0 N–H and O–H groups in total. The lowest BCUT2D eigenvalue weighted by molar-refractivity contribution is -0.167. The number of hydrogen-bond donors (Lipinski definition) is 0. The second-order valence-electron chi connectivity index (χ2n) is 19.2. The predicted molar refractivity (Wildman–Crippen MR) is 297 cm³/mol. The van der Waals surface area contributed by atoms with Crippen LogP contribution in [0.15, 0.2) is 85.1 Å². The number of hydrogen-bond acceptors (Lipinski definition) is 6. The molecule has 0 saturated heterocycles. The summed E-state index contributed by atoms with van der Waals surface area (Å²) >= 11 is 0. The van der Waals surface area contributed by atoms with E-state index < -0.39 is 6.10 Å². The van der Waals surface area contributed by atoms with Gasteiger partial charge in [-0.3, -0.25) is 14.4 Å². The molecule has 1 atom stereocenters. The maximum absolute atomic E-state index is 12.8. The van der Waals surface area contributed by atoms with Gasteiger partial charge in [-0.2, -0.15) is 0 Å². The van der Waals surface area contributed by atoms with Gasteiger partial charge in [0.2, 0.25) is 0 Å². The van der Waals surface area contributed by atoms with E-state index in [9.17, 15) is 14.4 Å². The second-order valence-corrected chi connectivity index (χ2v) is 19.2. The number of carbonyl (C=O) groups is 3. The van der Waals surface area contributed by atoms with Gasteiger partial charge in [-0.25, -0.2) is 0 Å². The minimum Gasteiger partial charge on any atom is -0.462 e. The molecule has 396 valence electrons. The number of esters is 3. The van der Waals surface area contributed by atoms with Gasteiger partial charge in [-0.05, 0) is 96.3 Å². The van der Waals surface area contributed by atoms with Crippen LogP contribution in [0.1, 0.15) is 278 Å². The molecular weight excluding hydrogens is 853 g/mol. The van der Waals surface area contributed by atoms with E-state index in [0.29, 0.717) is 19.3 Å². The summed E-state index contributed by atoms with van der Waals surface area (Å²) in [5, 5.41) is 0. The molecule has 0 rings (SSSR count). The minimum absolute atomic E-state index is 0.0916. The van der Waals surface area contributed by atoms with Gasteiger partial charge < -0.3 is 14.2 Å². The molecule has 0 heterocycles. The molecule has 1 unspecified atom stereocenters. The molecule has 0 aromatic carbocycles. The molecule has 6 heteroatoms. The van der Waals surface area contributed by atoms with Crippen LogP contribution < -0.4 is 0 Å². The first-order chi connectivity index (χ1) is 34.0. The smallest absolute Gasteiger partial charge is 0.306 e. The summed E-state index contributed by atoms with van der Waals surface area (Å²) in [5.41, 5.74) is 0. The van der Waals surface area contributed by atoms with Gasteiger partial charge in [-0.15, -0.1) is 0 Å². The lowest BCUT2D eigenvalue weighted by atomic mass is 10.0.